The summed E-state index contributed by atoms with van der Waals surface area (Å²) in [5, 5.41) is 9.23. The first-order valence-corrected chi connectivity index (χ1v) is 9.93. The molecule has 0 unspecified atom stereocenters. The number of benzene rings is 1. The van der Waals surface area contributed by atoms with E-state index in [9.17, 15) is 9.59 Å². The van der Waals surface area contributed by atoms with Crippen molar-refractivity contribution in [3.05, 3.63) is 29.3 Å². The van der Waals surface area contributed by atoms with Crippen molar-refractivity contribution in [3.8, 4) is 0 Å². The molecule has 3 rings (SSSR count). The SMILES string of the molecule is Cc1ccc(C(=O)N2CC[C@@H]3CNC[C@@H]3CC2)cc1NC(=O)NC(C)(C)C.Cl. The molecule has 6 nitrogen and oxygen atoms in total. The van der Waals surface area contributed by atoms with Gasteiger partial charge >= 0.3 is 6.03 Å². The molecule has 2 aliphatic heterocycles. The van der Waals surface area contributed by atoms with Crippen molar-refractivity contribution in [1.29, 1.82) is 0 Å². The lowest BCUT2D eigenvalue weighted by atomic mass is 9.92. The van der Waals surface area contributed by atoms with E-state index >= 15 is 0 Å². The normalized spacial score (nSPS) is 21.9. The third-order valence-corrected chi connectivity index (χ3v) is 5.53. The lowest BCUT2D eigenvalue weighted by Gasteiger charge is -2.23. The van der Waals surface area contributed by atoms with Gasteiger partial charge in [0.05, 0.1) is 0 Å². The molecule has 0 aromatic heterocycles. The van der Waals surface area contributed by atoms with Crippen LogP contribution in [0.3, 0.4) is 0 Å². The van der Waals surface area contributed by atoms with Crippen molar-refractivity contribution < 1.29 is 9.59 Å². The van der Waals surface area contributed by atoms with Crippen molar-refractivity contribution in [1.82, 2.24) is 15.5 Å². The van der Waals surface area contributed by atoms with Crippen LogP contribution in [0.15, 0.2) is 18.2 Å². The van der Waals surface area contributed by atoms with Crippen molar-refractivity contribution >= 4 is 30.0 Å². The fourth-order valence-corrected chi connectivity index (χ4v) is 3.99. The van der Waals surface area contributed by atoms with E-state index in [1.165, 1.54) is 0 Å². The van der Waals surface area contributed by atoms with Gasteiger partial charge in [-0.2, -0.15) is 0 Å². The zero-order valence-corrected chi connectivity index (χ0v) is 18.1. The van der Waals surface area contributed by atoms with Gasteiger partial charge in [0.2, 0.25) is 0 Å². The Morgan fingerprint density at radius 1 is 1.11 bits per heavy atom. The van der Waals surface area contributed by atoms with Crippen molar-refractivity contribution in [3.63, 3.8) is 0 Å². The fraction of sp³-hybridized carbons (Fsp3) is 0.619. The molecule has 2 fully saturated rings. The molecule has 7 heteroatoms. The third-order valence-electron chi connectivity index (χ3n) is 5.53. The number of halogens is 1. The second-order valence-electron chi connectivity index (χ2n) is 8.91. The lowest BCUT2D eigenvalue weighted by molar-refractivity contribution is 0.0758. The van der Waals surface area contributed by atoms with Crippen LogP contribution in [0, 0.1) is 18.8 Å². The summed E-state index contributed by atoms with van der Waals surface area (Å²) in [5.74, 6) is 1.44. The van der Waals surface area contributed by atoms with E-state index in [0.717, 1.165) is 44.6 Å². The quantitative estimate of drug-likeness (QED) is 0.702. The van der Waals surface area contributed by atoms with Gasteiger partial charge in [0, 0.05) is 29.9 Å². The highest BCUT2D eigenvalue weighted by atomic mass is 35.5. The van der Waals surface area contributed by atoms with Crippen LogP contribution in [0.2, 0.25) is 0 Å². The van der Waals surface area contributed by atoms with Gasteiger partial charge in [-0.05, 0) is 83.2 Å². The fourth-order valence-electron chi connectivity index (χ4n) is 3.99. The molecule has 2 heterocycles. The number of carbonyl (C=O) groups excluding carboxylic acids is 2. The number of amides is 3. The Balaban J connectivity index is 0.00000280. The minimum absolute atomic E-state index is 0. The number of hydrogen-bond acceptors (Lipinski definition) is 3. The zero-order chi connectivity index (χ0) is 19.6. The number of likely N-dealkylation sites (tertiary alicyclic amines) is 1. The summed E-state index contributed by atoms with van der Waals surface area (Å²) in [6.45, 7) is 11.5. The largest absolute Gasteiger partial charge is 0.339 e. The van der Waals surface area contributed by atoms with Gasteiger partial charge in [0.15, 0.2) is 0 Å². The van der Waals surface area contributed by atoms with Crippen molar-refractivity contribution in [2.45, 2.75) is 46.1 Å². The number of carbonyl (C=O) groups is 2. The van der Waals surface area contributed by atoms with Crippen LogP contribution in [0.4, 0.5) is 10.5 Å². The molecule has 0 saturated carbocycles. The number of nitrogens with zero attached hydrogens (tertiary/aromatic N) is 1. The number of nitrogens with one attached hydrogen (secondary N) is 3. The molecule has 1 aromatic rings. The summed E-state index contributed by atoms with van der Waals surface area (Å²) in [5.41, 5.74) is 1.94. The van der Waals surface area contributed by atoms with Crippen LogP contribution in [0.5, 0.6) is 0 Å². The highest BCUT2D eigenvalue weighted by Crippen LogP contribution is 2.28. The van der Waals surface area contributed by atoms with Crippen LogP contribution in [-0.2, 0) is 0 Å². The summed E-state index contributed by atoms with van der Waals surface area (Å²) in [6, 6.07) is 5.30. The van der Waals surface area contributed by atoms with Gasteiger partial charge in [-0.25, -0.2) is 4.79 Å². The summed E-state index contributed by atoms with van der Waals surface area (Å²) in [6.07, 6.45) is 2.13. The Hall–Kier alpha value is -1.79. The van der Waals surface area contributed by atoms with Gasteiger partial charge < -0.3 is 20.9 Å². The predicted molar refractivity (Wildman–Crippen MR) is 115 cm³/mol. The molecular weight excluding hydrogens is 376 g/mol. The number of hydrogen-bond donors (Lipinski definition) is 3. The lowest BCUT2D eigenvalue weighted by Crippen LogP contribution is -2.43. The number of aryl methyl sites for hydroxylation is 1. The Morgan fingerprint density at radius 2 is 1.71 bits per heavy atom. The molecule has 2 aliphatic rings. The van der Waals surface area contributed by atoms with Crippen LogP contribution in [-0.4, -0.2) is 48.6 Å². The Bertz CT molecular complexity index is 703. The van der Waals surface area contributed by atoms with Crippen LogP contribution in [0.25, 0.3) is 0 Å². The highest BCUT2D eigenvalue weighted by Gasteiger charge is 2.31. The van der Waals surface area contributed by atoms with Gasteiger partial charge in [-0.1, -0.05) is 6.07 Å². The van der Waals surface area contributed by atoms with Gasteiger partial charge in [-0.3, -0.25) is 4.79 Å². The van der Waals surface area contributed by atoms with Crippen LogP contribution < -0.4 is 16.0 Å². The first-order valence-electron chi connectivity index (χ1n) is 9.93. The first kappa shape index (κ1) is 22.5. The van der Waals surface area contributed by atoms with Crippen LogP contribution in [0.1, 0.15) is 49.5 Å². The van der Waals surface area contributed by atoms with E-state index in [1.54, 1.807) is 6.07 Å². The average Bonchev–Trinajstić information content (AvgIpc) is 2.93. The molecule has 3 N–H and O–H groups in total. The average molecular weight is 409 g/mol. The van der Waals surface area contributed by atoms with E-state index in [-0.39, 0.29) is 29.9 Å². The molecule has 156 valence electrons. The summed E-state index contributed by atoms with van der Waals surface area (Å²) in [7, 11) is 0. The first-order chi connectivity index (χ1) is 12.7. The Labute approximate surface area is 174 Å². The Kier molecular flexibility index (Phi) is 7.34. The van der Waals surface area contributed by atoms with E-state index in [1.807, 2.05) is 44.7 Å². The minimum atomic E-state index is -0.315. The van der Waals surface area contributed by atoms with E-state index in [4.69, 9.17) is 0 Å². The number of rotatable bonds is 2. The molecule has 0 radical (unpaired) electrons. The number of urea groups is 1. The maximum atomic E-state index is 13.0. The summed E-state index contributed by atoms with van der Waals surface area (Å²) >= 11 is 0. The minimum Gasteiger partial charge on any atom is -0.339 e. The van der Waals surface area contributed by atoms with Crippen LogP contribution >= 0.6 is 12.4 Å². The van der Waals surface area contributed by atoms with Gasteiger partial charge in [0.1, 0.15) is 0 Å². The standard InChI is InChI=1S/C21H32N4O2.ClH/c1-14-5-6-15(11-18(14)23-20(27)24-21(2,3)4)19(26)25-9-7-16-12-22-13-17(16)8-10-25;/h5-6,11,16-17,22H,7-10,12-13H2,1-4H3,(H2,23,24,27);1H/t16-,17+;. The number of anilines is 1. The van der Waals surface area contributed by atoms with E-state index < -0.39 is 0 Å². The highest BCUT2D eigenvalue weighted by molar-refractivity contribution is 5.97. The molecule has 0 spiro atoms. The molecule has 0 aliphatic carbocycles. The summed E-state index contributed by atoms with van der Waals surface area (Å²) < 4.78 is 0. The Morgan fingerprint density at radius 3 is 2.29 bits per heavy atom. The van der Waals surface area contributed by atoms with Gasteiger partial charge in [-0.15, -0.1) is 12.4 Å². The van der Waals surface area contributed by atoms with E-state index in [2.05, 4.69) is 16.0 Å². The van der Waals surface area contributed by atoms with Crippen molar-refractivity contribution in [2.75, 3.05) is 31.5 Å². The predicted octanol–water partition coefficient (Wildman–Crippen LogP) is 3.41. The maximum Gasteiger partial charge on any atom is 0.319 e. The third kappa shape index (κ3) is 5.61. The summed E-state index contributed by atoms with van der Waals surface area (Å²) in [4.78, 5) is 27.2. The molecule has 28 heavy (non-hydrogen) atoms. The van der Waals surface area contributed by atoms with Crippen molar-refractivity contribution in [2.24, 2.45) is 11.8 Å². The smallest absolute Gasteiger partial charge is 0.319 e. The second kappa shape index (κ2) is 9.14. The molecule has 0 bridgehead atoms. The molecular formula is C21H33ClN4O2. The zero-order valence-electron chi connectivity index (χ0n) is 17.3. The topological polar surface area (TPSA) is 73.5 Å². The van der Waals surface area contributed by atoms with Gasteiger partial charge in [0.25, 0.3) is 5.91 Å². The molecule has 2 saturated heterocycles. The molecule has 2 atom stereocenters. The second-order valence-corrected chi connectivity index (χ2v) is 8.91. The van der Waals surface area contributed by atoms with E-state index in [0.29, 0.717) is 23.1 Å². The molecule has 1 aromatic carbocycles. The molecule has 3 amide bonds. The maximum absolute atomic E-state index is 13.0. The monoisotopic (exact) mass is 408 g/mol. The number of fused-ring (bicyclic) bond motifs is 1.